The lowest BCUT2D eigenvalue weighted by Crippen LogP contribution is -2.35. The van der Waals surface area contributed by atoms with Gasteiger partial charge in [0.2, 0.25) is 5.88 Å². The van der Waals surface area contributed by atoms with Crippen molar-refractivity contribution in [3.63, 3.8) is 0 Å². The number of hydrogen-bond donors (Lipinski definition) is 1. The number of nitrogens with zero attached hydrogens (tertiary/aromatic N) is 1. The zero-order valence-electron chi connectivity index (χ0n) is 14.7. The first-order chi connectivity index (χ1) is 11.7. The third kappa shape index (κ3) is 5.00. The first kappa shape index (κ1) is 19.8. The van der Waals surface area contributed by atoms with Gasteiger partial charge < -0.3 is 4.74 Å². The Balaban J connectivity index is 2.35. The molecule has 1 N–H and O–H groups in total. The fourth-order valence-electron chi connectivity index (χ4n) is 2.10. The van der Waals surface area contributed by atoms with Crippen LogP contribution in [0.15, 0.2) is 36.5 Å². The van der Waals surface area contributed by atoms with Crippen LogP contribution in [0.3, 0.4) is 0 Å². The molecule has 0 amide bonds. The average molecular weight is 385 g/mol. The second kappa shape index (κ2) is 8.25. The van der Waals surface area contributed by atoms with Gasteiger partial charge >= 0.3 is 0 Å². The van der Waals surface area contributed by atoms with E-state index >= 15 is 4.39 Å². The zero-order chi connectivity index (χ0) is 18.6. The summed E-state index contributed by atoms with van der Waals surface area (Å²) in [5.41, 5.74) is 0.357. The normalized spacial score (nSPS) is 14.2. The highest BCUT2D eigenvalue weighted by Gasteiger charge is 2.26. The first-order valence-electron chi connectivity index (χ1n) is 7.98. The van der Waals surface area contributed by atoms with Crippen molar-refractivity contribution in [2.24, 2.45) is 0 Å². The SMILES string of the molecule is CC[C@@H](N[S@](=O)C(C)(C)C)c1ccc(Cl)c(Oc2ccccn2)c1F. The van der Waals surface area contributed by atoms with Gasteiger partial charge in [0.25, 0.3) is 0 Å². The Bertz CT molecular complexity index is 751. The minimum atomic E-state index is -1.33. The van der Waals surface area contributed by atoms with Crippen molar-refractivity contribution >= 4 is 22.6 Å². The van der Waals surface area contributed by atoms with Crippen molar-refractivity contribution in [2.45, 2.75) is 44.9 Å². The molecule has 2 aromatic rings. The van der Waals surface area contributed by atoms with Gasteiger partial charge in [-0.25, -0.2) is 18.3 Å². The summed E-state index contributed by atoms with van der Waals surface area (Å²) in [7, 11) is -1.33. The second-order valence-electron chi connectivity index (χ2n) is 6.51. The third-order valence-electron chi connectivity index (χ3n) is 3.51. The van der Waals surface area contributed by atoms with Gasteiger partial charge in [0.05, 0.1) is 20.8 Å². The van der Waals surface area contributed by atoms with E-state index in [1.165, 1.54) is 0 Å². The molecule has 1 aromatic carbocycles. The molecule has 0 saturated carbocycles. The number of benzene rings is 1. The van der Waals surface area contributed by atoms with E-state index < -0.39 is 27.6 Å². The van der Waals surface area contributed by atoms with Crippen LogP contribution < -0.4 is 9.46 Å². The van der Waals surface area contributed by atoms with Crippen molar-refractivity contribution in [1.82, 2.24) is 9.71 Å². The maximum absolute atomic E-state index is 15.0. The summed E-state index contributed by atoms with van der Waals surface area (Å²) in [5.74, 6) is -0.414. The Kier molecular flexibility index (Phi) is 6.54. The molecule has 0 bridgehead atoms. The molecule has 0 unspecified atom stereocenters. The predicted molar refractivity (Wildman–Crippen MR) is 99.8 cm³/mol. The summed E-state index contributed by atoms with van der Waals surface area (Å²) in [6, 6.07) is 7.82. The molecule has 4 nitrogen and oxygen atoms in total. The zero-order valence-corrected chi connectivity index (χ0v) is 16.2. The molecule has 2 atom stereocenters. The van der Waals surface area contributed by atoms with Crippen LogP contribution in [0.25, 0.3) is 0 Å². The predicted octanol–water partition coefficient (Wildman–Crippen LogP) is 5.17. The summed E-state index contributed by atoms with van der Waals surface area (Å²) in [4.78, 5) is 4.02. The van der Waals surface area contributed by atoms with Gasteiger partial charge in [-0.15, -0.1) is 0 Å². The molecule has 0 fully saturated rings. The Labute approximate surface area is 155 Å². The molecule has 7 heteroatoms. The molecule has 0 aliphatic heterocycles. The largest absolute Gasteiger partial charge is 0.434 e. The summed E-state index contributed by atoms with van der Waals surface area (Å²) in [6.45, 7) is 7.47. The highest BCUT2D eigenvalue weighted by Crippen LogP contribution is 2.36. The van der Waals surface area contributed by atoms with Crippen LogP contribution in [0.5, 0.6) is 11.6 Å². The van der Waals surface area contributed by atoms with Crippen molar-refractivity contribution < 1.29 is 13.3 Å². The van der Waals surface area contributed by atoms with Crippen molar-refractivity contribution in [3.05, 3.63) is 52.9 Å². The summed E-state index contributed by atoms with van der Waals surface area (Å²) in [5, 5.41) is 0.152. The van der Waals surface area contributed by atoms with Gasteiger partial charge in [0, 0.05) is 23.9 Å². The van der Waals surface area contributed by atoms with Crippen LogP contribution in [0.1, 0.15) is 45.7 Å². The number of aromatic nitrogens is 1. The fraction of sp³-hybridized carbons (Fsp3) is 0.389. The van der Waals surface area contributed by atoms with Crippen LogP contribution >= 0.6 is 11.6 Å². The molecule has 0 spiro atoms. The number of rotatable bonds is 6. The van der Waals surface area contributed by atoms with E-state index in [4.69, 9.17) is 16.3 Å². The molecule has 1 heterocycles. The van der Waals surface area contributed by atoms with Crippen LogP contribution in [0.4, 0.5) is 4.39 Å². The van der Waals surface area contributed by atoms with Gasteiger partial charge in [-0.3, -0.25) is 0 Å². The second-order valence-corrected chi connectivity index (χ2v) is 8.91. The number of nitrogens with one attached hydrogen (secondary N) is 1. The Morgan fingerprint density at radius 1 is 1.32 bits per heavy atom. The molecule has 136 valence electrons. The van der Waals surface area contributed by atoms with Crippen LogP contribution in [0.2, 0.25) is 5.02 Å². The quantitative estimate of drug-likeness (QED) is 0.747. The number of ether oxygens (including phenoxy) is 1. The van der Waals surface area contributed by atoms with Crippen LogP contribution in [-0.4, -0.2) is 13.9 Å². The molecule has 25 heavy (non-hydrogen) atoms. The molecule has 0 aliphatic carbocycles. The highest BCUT2D eigenvalue weighted by atomic mass is 35.5. The van der Waals surface area contributed by atoms with Gasteiger partial charge in [0.15, 0.2) is 11.6 Å². The lowest BCUT2D eigenvalue weighted by molar-refractivity contribution is 0.419. The minimum absolute atomic E-state index is 0.0837. The third-order valence-corrected chi connectivity index (χ3v) is 5.42. The van der Waals surface area contributed by atoms with Crippen molar-refractivity contribution in [2.75, 3.05) is 0 Å². The number of pyridine rings is 1. The monoisotopic (exact) mass is 384 g/mol. The standard InChI is InChI=1S/C18H22ClFN2O2S/c1-5-14(22-25(23)18(2,3)4)12-9-10-13(19)17(16(12)20)24-15-8-6-7-11-21-15/h6-11,14,22H,5H2,1-4H3/t14-,25-/m1/s1. The topological polar surface area (TPSA) is 51.2 Å². The van der Waals surface area contributed by atoms with E-state index in [1.54, 1.807) is 36.5 Å². The first-order valence-corrected chi connectivity index (χ1v) is 9.51. The van der Waals surface area contributed by atoms with Crippen LogP contribution in [-0.2, 0) is 11.0 Å². The maximum atomic E-state index is 15.0. The maximum Gasteiger partial charge on any atom is 0.219 e. The average Bonchev–Trinajstić information content (AvgIpc) is 2.57. The Hall–Kier alpha value is -1.50. The van der Waals surface area contributed by atoms with E-state index in [9.17, 15) is 4.21 Å². The Morgan fingerprint density at radius 2 is 2.04 bits per heavy atom. The molecular formula is C18H22ClFN2O2S. The van der Waals surface area contributed by atoms with Crippen molar-refractivity contribution in [1.29, 1.82) is 0 Å². The fourth-order valence-corrected chi connectivity index (χ4v) is 3.19. The van der Waals surface area contributed by atoms with E-state index in [-0.39, 0.29) is 16.7 Å². The molecule has 0 radical (unpaired) electrons. The van der Waals surface area contributed by atoms with E-state index in [0.717, 1.165) is 0 Å². The van der Waals surface area contributed by atoms with Gasteiger partial charge in [-0.2, -0.15) is 0 Å². The minimum Gasteiger partial charge on any atom is -0.434 e. The lowest BCUT2D eigenvalue weighted by atomic mass is 10.0. The summed E-state index contributed by atoms with van der Waals surface area (Å²) < 4.78 is 35.5. The van der Waals surface area contributed by atoms with Gasteiger partial charge in [0.1, 0.15) is 0 Å². The molecule has 0 aliphatic rings. The van der Waals surface area contributed by atoms with Gasteiger partial charge in [-0.05, 0) is 39.3 Å². The number of halogens is 2. The lowest BCUT2D eigenvalue weighted by Gasteiger charge is -2.24. The van der Waals surface area contributed by atoms with E-state index in [2.05, 4.69) is 9.71 Å². The van der Waals surface area contributed by atoms with E-state index in [1.807, 2.05) is 27.7 Å². The molecule has 0 saturated heterocycles. The Morgan fingerprint density at radius 3 is 2.60 bits per heavy atom. The smallest absolute Gasteiger partial charge is 0.219 e. The number of hydrogen-bond acceptors (Lipinski definition) is 3. The molecular weight excluding hydrogens is 363 g/mol. The summed E-state index contributed by atoms with van der Waals surface area (Å²) in [6.07, 6.45) is 2.11. The van der Waals surface area contributed by atoms with Crippen molar-refractivity contribution in [3.8, 4) is 11.6 Å². The molecule has 1 aromatic heterocycles. The molecule has 2 rings (SSSR count). The van der Waals surface area contributed by atoms with Gasteiger partial charge in [-0.1, -0.05) is 30.7 Å². The van der Waals surface area contributed by atoms with Crippen LogP contribution in [0, 0.1) is 5.82 Å². The highest BCUT2D eigenvalue weighted by molar-refractivity contribution is 7.84. The summed E-state index contributed by atoms with van der Waals surface area (Å²) >= 11 is 6.10. The van der Waals surface area contributed by atoms with E-state index in [0.29, 0.717) is 12.0 Å².